The van der Waals surface area contributed by atoms with Gasteiger partial charge in [0.1, 0.15) is 0 Å². The summed E-state index contributed by atoms with van der Waals surface area (Å²) in [5.41, 5.74) is 4.77. The smallest absolute Gasteiger partial charge is 0.270 e. The Balaban J connectivity index is 1.99. The summed E-state index contributed by atoms with van der Waals surface area (Å²) in [6.07, 6.45) is 2.35. The van der Waals surface area contributed by atoms with Crippen molar-refractivity contribution in [2.75, 3.05) is 18.0 Å². The van der Waals surface area contributed by atoms with Crippen molar-refractivity contribution in [3.8, 4) is 11.1 Å². The zero-order valence-corrected chi connectivity index (χ0v) is 11.2. The van der Waals surface area contributed by atoms with E-state index in [2.05, 4.69) is 39.0 Å². The maximum absolute atomic E-state index is 7.30. The average molecular weight is 261 g/mol. The predicted molar refractivity (Wildman–Crippen MR) is 80.1 cm³/mol. The van der Waals surface area contributed by atoms with Crippen LogP contribution < -0.4 is 4.90 Å². The van der Waals surface area contributed by atoms with Crippen LogP contribution in [0.5, 0.6) is 0 Å². The Labute approximate surface area is 118 Å². The van der Waals surface area contributed by atoms with E-state index in [-0.39, 0.29) is 0 Å². The van der Waals surface area contributed by atoms with Crippen LogP contribution in [-0.2, 0) is 0 Å². The van der Waals surface area contributed by atoms with Crippen molar-refractivity contribution in [1.82, 2.24) is 4.98 Å². The van der Waals surface area contributed by atoms with E-state index in [1.807, 2.05) is 12.1 Å². The topological polar surface area (TPSA) is 20.5 Å². The molecule has 3 nitrogen and oxygen atoms in total. The second-order valence-electron chi connectivity index (χ2n) is 5.50. The minimum absolute atomic E-state index is 0.524. The number of hydrogen-bond donors (Lipinski definition) is 0. The van der Waals surface area contributed by atoms with Gasteiger partial charge in [-0.25, -0.2) is 0 Å². The molecule has 1 fully saturated rings. The molecular weight excluding hydrogens is 246 g/mol. The molecule has 3 aliphatic heterocycles. The van der Waals surface area contributed by atoms with Gasteiger partial charge in [0.05, 0.1) is 5.69 Å². The first-order valence-corrected chi connectivity index (χ1v) is 7.09. The van der Waals surface area contributed by atoms with E-state index in [1.54, 1.807) is 0 Å². The highest BCUT2D eigenvalue weighted by Crippen LogP contribution is 2.47. The molecule has 0 unspecified atom stereocenters. The monoisotopic (exact) mass is 261 g/mol. The second kappa shape index (κ2) is 4.35. The van der Waals surface area contributed by atoms with Crippen LogP contribution >= 0.6 is 0 Å². The van der Waals surface area contributed by atoms with Crippen LogP contribution in [-0.4, -0.2) is 18.1 Å². The van der Waals surface area contributed by atoms with Gasteiger partial charge >= 0.3 is 0 Å². The molecule has 20 heavy (non-hydrogen) atoms. The summed E-state index contributed by atoms with van der Waals surface area (Å²) >= 11 is 0. The minimum atomic E-state index is 0.524. The van der Waals surface area contributed by atoms with Gasteiger partial charge < -0.3 is 9.74 Å². The largest absolute Gasteiger partial charge is 0.368 e. The zero-order chi connectivity index (χ0) is 13.5. The third kappa shape index (κ3) is 1.61. The van der Waals surface area contributed by atoms with Gasteiger partial charge in [0, 0.05) is 24.6 Å². The Bertz CT molecular complexity index is 692. The molecule has 5 rings (SSSR count). The molecule has 0 N–H and O–H groups in total. The number of anilines is 1. The molecule has 2 aromatic rings. The number of piperidine rings is 1. The van der Waals surface area contributed by atoms with Gasteiger partial charge in [0.25, 0.3) is 5.82 Å². The van der Waals surface area contributed by atoms with Crippen molar-refractivity contribution in [2.24, 2.45) is 0 Å². The minimum Gasteiger partial charge on any atom is -0.368 e. The Morgan fingerprint density at radius 3 is 2.60 bits per heavy atom. The van der Waals surface area contributed by atoms with Crippen molar-refractivity contribution < 1.29 is 0 Å². The summed E-state index contributed by atoms with van der Waals surface area (Å²) in [6, 6.07) is 12.3. The lowest BCUT2D eigenvalue weighted by Crippen LogP contribution is -2.39. The maximum atomic E-state index is 7.30. The van der Waals surface area contributed by atoms with Crippen molar-refractivity contribution in [1.29, 1.82) is 0 Å². The molecule has 0 aliphatic carbocycles. The Morgan fingerprint density at radius 2 is 1.90 bits per heavy atom. The van der Waals surface area contributed by atoms with E-state index in [9.17, 15) is 0 Å². The standard InChI is InChI=1S/C17H15N3/c1-18-15-11-14(12-5-3-2-4-6-12)17-16(19-15)13-7-9-20(17)10-8-13/h2-6,11,13H,7-10H2. The van der Waals surface area contributed by atoms with Gasteiger partial charge in [-0.15, -0.1) is 4.98 Å². The predicted octanol–water partition coefficient (Wildman–Crippen LogP) is 4.00. The molecule has 0 amide bonds. The van der Waals surface area contributed by atoms with Crippen molar-refractivity contribution in [3.63, 3.8) is 0 Å². The maximum Gasteiger partial charge on any atom is 0.270 e. The highest BCUT2D eigenvalue weighted by molar-refractivity contribution is 5.84. The van der Waals surface area contributed by atoms with E-state index in [0.29, 0.717) is 11.7 Å². The first-order chi connectivity index (χ1) is 9.86. The number of benzene rings is 1. The average Bonchev–Trinajstić information content (AvgIpc) is 2.55. The second-order valence-corrected chi connectivity index (χ2v) is 5.50. The van der Waals surface area contributed by atoms with E-state index in [0.717, 1.165) is 18.8 Å². The van der Waals surface area contributed by atoms with Gasteiger partial charge in [-0.05, 0) is 24.5 Å². The summed E-state index contributed by atoms with van der Waals surface area (Å²) in [5, 5.41) is 0. The first-order valence-electron chi connectivity index (χ1n) is 7.09. The third-order valence-corrected chi connectivity index (χ3v) is 4.40. The molecular formula is C17H15N3. The van der Waals surface area contributed by atoms with Crippen LogP contribution in [0.1, 0.15) is 24.5 Å². The molecule has 0 saturated carbocycles. The first kappa shape index (κ1) is 11.5. The fraction of sp³-hybridized carbons (Fsp3) is 0.294. The van der Waals surface area contributed by atoms with Gasteiger partial charge in [0.15, 0.2) is 5.69 Å². The normalized spacial score (nSPS) is 16.9. The van der Waals surface area contributed by atoms with E-state index >= 15 is 0 Å². The van der Waals surface area contributed by atoms with Gasteiger partial charge in [0.2, 0.25) is 0 Å². The molecule has 1 aromatic carbocycles. The van der Waals surface area contributed by atoms with Crippen LogP contribution in [0.25, 0.3) is 16.0 Å². The highest BCUT2D eigenvalue weighted by atomic mass is 15.2. The van der Waals surface area contributed by atoms with E-state index in [4.69, 9.17) is 6.57 Å². The van der Waals surface area contributed by atoms with Crippen LogP contribution in [0, 0.1) is 6.57 Å². The fourth-order valence-corrected chi connectivity index (χ4v) is 3.43. The number of aromatic nitrogens is 1. The molecule has 2 bridgehead atoms. The highest BCUT2D eigenvalue weighted by Gasteiger charge is 2.36. The molecule has 0 atom stereocenters. The lowest BCUT2D eigenvalue weighted by molar-refractivity contribution is 0.465. The molecule has 3 heteroatoms. The number of nitrogens with zero attached hydrogens (tertiary/aromatic N) is 3. The number of rotatable bonds is 1. The summed E-state index contributed by atoms with van der Waals surface area (Å²) in [5.74, 6) is 1.07. The lowest BCUT2D eigenvalue weighted by Gasteiger charge is -2.40. The Morgan fingerprint density at radius 1 is 1.15 bits per heavy atom. The lowest BCUT2D eigenvalue weighted by atomic mass is 9.84. The Kier molecular flexibility index (Phi) is 2.50. The number of hydrogen-bond acceptors (Lipinski definition) is 2. The van der Waals surface area contributed by atoms with Crippen LogP contribution in [0.2, 0.25) is 0 Å². The SMILES string of the molecule is [C-]#[N+]c1cc(-c2ccccc2)c2c(n1)C1CCN2CC1. The van der Waals surface area contributed by atoms with Crippen LogP contribution in [0.15, 0.2) is 36.4 Å². The molecule has 4 heterocycles. The molecule has 98 valence electrons. The van der Waals surface area contributed by atoms with Gasteiger partial charge in [-0.2, -0.15) is 0 Å². The third-order valence-electron chi connectivity index (χ3n) is 4.40. The molecule has 1 aromatic heterocycles. The quantitative estimate of drug-likeness (QED) is 0.723. The van der Waals surface area contributed by atoms with E-state index in [1.165, 1.54) is 29.7 Å². The molecule has 3 aliphatic rings. The number of fused-ring (bicyclic) bond motifs is 2. The van der Waals surface area contributed by atoms with Gasteiger partial charge in [-0.1, -0.05) is 36.9 Å². The summed E-state index contributed by atoms with van der Waals surface area (Å²) in [6.45, 7) is 9.55. The Hall–Kier alpha value is -2.34. The van der Waals surface area contributed by atoms with Crippen molar-refractivity contribution in [3.05, 3.63) is 53.5 Å². The van der Waals surface area contributed by atoms with Crippen LogP contribution in [0.4, 0.5) is 11.5 Å². The molecule has 0 radical (unpaired) electrons. The zero-order valence-electron chi connectivity index (χ0n) is 11.2. The fourth-order valence-electron chi connectivity index (χ4n) is 3.43. The van der Waals surface area contributed by atoms with Crippen molar-refractivity contribution in [2.45, 2.75) is 18.8 Å². The molecule has 0 spiro atoms. The van der Waals surface area contributed by atoms with E-state index < -0.39 is 0 Å². The summed E-state index contributed by atoms with van der Waals surface area (Å²) < 4.78 is 0. The van der Waals surface area contributed by atoms with Crippen molar-refractivity contribution >= 4 is 11.5 Å². The van der Waals surface area contributed by atoms with Gasteiger partial charge in [-0.3, -0.25) is 0 Å². The molecule has 1 saturated heterocycles. The van der Waals surface area contributed by atoms with Crippen LogP contribution in [0.3, 0.4) is 0 Å². The summed E-state index contributed by atoms with van der Waals surface area (Å²) in [4.78, 5) is 10.6. The summed E-state index contributed by atoms with van der Waals surface area (Å²) in [7, 11) is 0. The number of pyridine rings is 1.